The lowest BCUT2D eigenvalue weighted by molar-refractivity contribution is -0.141. The quantitative estimate of drug-likeness (QED) is 0.560. The number of rotatable bonds is 7. The molecule has 0 radical (unpaired) electrons. The Bertz CT molecular complexity index is 894. The second kappa shape index (κ2) is 9.13. The Morgan fingerprint density at radius 3 is 2.57 bits per heavy atom. The summed E-state index contributed by atoms with van der Waals surface area (Å²) in [6.45, 7) is 0.102. The van der Waals surface area contributed by atoms with Gasteiger partial charge in [0.15, 0.2) is 0 Å². The number of aliphatic hydroxyl groups excluding tert-OH is 1. The summed E-state index contributed by atoms with van der Waals surface area (Å²) in [7, 11) is 0. The molecule has 2 aromatic carbocycles. The molecule has 156 valence electrons. The highest BCUT2D eigenvalue weighted by Gasteiger charge is 2.50. The summed E-state index contributed by atoms with van der Waals surface area (Å²) in [6, 6.07) is 18.0. The van der Waals surface area contributed by atoms with Crippen LogP contribution in [0.25, 0.3) is 0 Å². The Kier molecular flexibility index (Phi) is 6.14. The Balaban J connectivity index is 1.41. The predicted octanol–water partition coefficient (Wildman–Crippen LogP) is 3.16. The maximum atomic E-state index is 12.5. The fourth-order valence-electron chi connectivity index (χ4n) is 4.08. The molecule has 1 N–H and O–H groups in total. The molecule has 5 atom stereocenters. The first-order valence-electron chi connectivity index (χ1n) is 10.1. The number of carbonyl (C=O) groups excluding carboxylic acids is 2. The van der Waals surface area contributed by atoms with Crippen LogP contribution in [0, 0.1) is 11.8 Å². The molecule has 6 heteroatoms. The third-order valence-electron chi connectivity index (χ3n) is 5.54. The maximum absolute atomic E-state index is 12.5. The highest BCUT2D eigenvalue weighted by molar-refractivity contribution is 5.89. The van der Waals surface area contributed by atoms with Crippen LogP contribution in [0.15, 0.2) is 72.8 Å². The van der Waals surface area contributed by atoms with Gasteiger partial charge in [0.1, 0.15) is 30.7 Å². The van der Waals surface area contributed by atoms with E-state index in [1.165, 1.54) is 0 Å². The standard InChI is InChI=1S/C24H24O6/c25-17(15-28-18-9-5-2-6-10-18)11-12-19-20-13-23(26)29-22(20)14-21(19)30-24(27)16-7-3-1-4-8-16/h1-12,17,19-22,25H,13-15H2/b12-11+/t17?,19-,20-,21-,22+/m1/s1. The first kappa shape index (κ1) is 20.2. The Morgan fingerprint density at radius 1 is 1.13 bits per heavy atom. The van der Waals surface area contributed by atoms with Crippen LogP contribution < -0.4 is 4.74 Å². The van der Waals surface area contributed by atoms with E-state index in [9.17, 15) is 14.7 Å². The summed E-state index contributed by atoms with van der Waals surface area (Å²) in [4.78, 5) is 24.2. The van der Waals surface area contributed by atoms with Gasteiger partial charge in [0.25, 0.3) is 0 Å². The van der Waals surface area contributed by atoms with E-state index in [4.69, 9.17) is 14.2 Å². The monoisotopic (exact) mass is 408 g/mol. The zero-order chi connectivity index (χ0) is 20.9. The van der Waals surface area contributed by atoms with E-state index < -0.39 is 18.2 Å². The van der Waals surface area contributed by atoms with Gasteiger partial charge in [0.2, 0.25) is 0 Å². The van der Waals surface area contributed by atoms with Crippen LogP contribution in [0.5, 0.6) is 5.75 Å². The van der Waals surface area contributed by atoms with Gasteiger partial charge < -0.3 is 19.3 Å². The average Bonchev–Trinajstić information content (AvgIpc) is 3.27. The number of para-hydroxylation sites is 1. The van der Waals surface area contributed by atoms with Crippen molar-refractivity contribution in [2.45, 2.75) is 31.2 Å². The summed E-state index contributed by atoms with van der Waals surface area (Å²) in [5.41, 5.74) is 0.477. The minimum Gasteiger partial charge on any atom is -0.491 e. The molecule has 0 spiro atoms. The lowest BCUT2D eigenvalue weighted by atomic mass is 9.91. The van der Waals surface area contributed by atoms with Gasteiger partial charge in [-0.25, -0.2) is 4.79 Å². The lowest BCUT2D eigenvalue weighted by Gasteiger charge is -2.20. The van der Waals surface area contributed by atoms with Crippen molar-refractivity contribution in [3.63, 3.8) is 0 Å². The highest BCUT2D eigenvalue weighted by Crippen LogP contribution is 2.43. The summed E-state index contributed by atoms with van der Waals surface area (Å²) in [5, 5.41) is 10.3. The molecule has 2 fully saturated rings. The number of carbonyl (C=O) groups is 2. The van der Waals surface area contributed by atoms with Crippen molar-refractivity contribution >= 4 is 11.9 Å². The van der Waals surface area contributed by atoms with E-state index in [0.29, 0.717) is 17.7 Å². The van der Waals surface area contributed by atoms with Crippen LogP contribution in [-0.4, -0.2) is 42.0 Å². The Hall–Kier alpha value is -3.12. The van der Waals surface area contributed by atoms with Crippen LogP contribution >= 0.6 is 0 Å². The number of benzene rings is 2. The molecule has 0 amide bonds. The van der Waals surface area contributed by atoms with E-state index in [-0.39, 0.29) is 36.9 Å². The summed E-state index contributed by atoms with van der Waals surface area (Å²) >= 11 is 0. The fourth-order valence-corrected chi connectivity index (χ4v) is 4.08. The largest absolute Gasteiger partial charge is 0.491 e. The van der Waals surface area contributed by atoms with Gasteiger partial charge in [-0.3, -0.25) is 4.79 Å². The molecule has 30 heavy (non-hydrogen) atoms. The van der Waals surface area contributed by atoms with Gasteiger partial charge in [-0.2, -0.15) is 0 Å². The zero-order valence-corrected chi connectivity index (χ0v) is 16.4. The maximum Gasteiger partial charge on any atom is 0.338 e. The minimum absolute atomic E-state index is 0.0652. The molecule has 1 aliphatic heterocycles. The van der Waals surface area contributed by atoms with E-state index in [0.717, 1.165) is 0 Å². The van der Waals surface area contributed by atoms with E-state index in [2.05, 4.69) is 0 Å². The molecule has 1 saturated carbocycles. The lowest BCUT2D eigenvalue weighted by Crippen LogP contribution is -2.25. The van der Waals surface area contributed by atoms with Crippen LogP contribution in [0.4, 0.5) is 0 Å². The van der Waals surface area contributed by atoms with Gasteiger partial charge in [0.05, 0.1) is 12.0 Å². The van der Waals surface area contributed by atoms with Crippen molar-refractivity contribution in [1.82, 2.24) is 0 Å². The number of fused-ring (bicyclic) bond motifs is 1. The van der Waals surface area contributed by atoms with Crippen molar-refractivity contribution in [1.29, 1.82) is 0 Å². The van der Waals surface area contributed by atoms with Gasteiger partial charge in [0, 0.05) is 18.3 Å². The molecule has 6 nitrogen and oxygen atoms in total. The second-order valence-electron chi connectivity index (χ2n) is 7.60. The van der Waals surface area contributed by atoms with Gasteiger partial charge in [-0.15, -0.1) is 0 Å². The molecule has 2 aromatic rings. The number of hydrogen-bond donors (Lipinski definition) is 1. The third kappa shape index (κ3) is 4.71. The summed E-state index contributed by atoms with van der Waals surface area (Å²) < 4.78 is 16.7. The van der Waals surface area contributed by atoms with Gasteiger partial charge in [-0.05, 0) is 24.3 Å². The second-order valence-corrected chi connectivity index (χ2v) is 7.60. The first-order valence-corrected chi connectivity index (χ1v) is 10.1. The molecule has 1 unspecified atom stereocenters. The summed E-state index contributed by atoms with van der Waals surface area (Å²) in [5.74, 6) is -0.233. The SMILES string of the molecule is O=C1C[C@@H]2[C@@H](/C=C/C(O)COc3ccccc3)[C@H](OC(=O)c3ccccc3)C[C@@H]2O1. The van der Waals surface area contributed by atoms with Crippen molar-refractivity contribution in [2.75, 3.05) is 6.61 Å². The predicted molar refractivity (Wildman–Crippen MR) is 109 cm³/mol. The molecule has 4 rings (SSSR count). The highest BCUT2D eigenvalue weighted by atomic mass is 16.6. The fraction of sp³-hybridized carbons (Fsp3) is 0.333. The Labute approximate surface area is 175 Å². The van der Waals surface area contributed by atoms with Gasteiger partial charge >= 0.3 is 11.9 Å². The normalized spacial score (nSPS) is 26.2. The third-order valence-corrected chi connectivity index (χ3v) is 5.54. The van der Waals surface area contributed by atoms with Crippen molar-refractivity contribution < 1.29 is 28.9 Å². The molecule has 2 aliphatic rings. The van der Waals surface area contributed by atoms with Crippen molar-refractivity contribution in [3.8, 4) is 5.75 Å². The number of esters is 2. The zero-order valence-electron chi connectivity index (χ0n) is 16.4. The van der Waals surface area contributed by atoms with E-state index >= 15 is 0 Å². The number of hydrogen-bond acceptors (Lipinski definition) is 6. The van der Waals surface area contributed by atoms with Crippen LogP contribution in [0.2, 0.25) is 0 Å². The molecule has 1 saturated heterocycles. The Morgan fingerprint density at radius 2 is 1.83 bits per heavy atom. The van der Waals surface area contributed by atoms with Crippen molar-refractivity contribution in [3.05, 3.63) is 78.4 Å². The molecule has 0 aromatic heterocycles. The van der Waals surface area contributed by atoms with E-state index in [1.807, 2.05) is 42.5 Å². The first-order chi connectivity index (χ1) is 14.6. The molecule has 1 heterocycles. The molecular weight excluding hydrogens is 384 g/mol. The number of ether oxygens (including phenoxy) is 3. The average molecular weight is 408 g/mol. The molecular formula is C24H24O6. The van der Waals surface area contributed by atoms with E-state index in [1.54, 1.807) is 30.3 Å². The van der Waals surface area contributed by atoms with Crippen molar-refractivity contribution in [2.24, 2.45) is 11.8 Å². The van der Waals surface area contributed by atoms with Gasteiger partial charge in [-0.1, -0.05) is 48.6 Å². The van der Waals surface area contributed by atoms with Crippen LogP contribution in [0.3, 0.4) is 0 Å². The molecule has 0 bridgehead atoms. The summed E-state index contributed by atoms with van der Waals surface area (Å²) in [6.07, 6.45) is 2.71. The topological polar surface area (TPSA) is 82.1 Å². The van der Waals surface area contributed by atoms with Crippen LogP contribution in [0.1, 0.15) is 23.2 Å². The van der Waals surface area contributed by atoms with Crippen LogP contribution in [-0.2, 0) is 14.3 Å². The smallest absolute Gasteiger partial charge is 0.338 e. The minimum atomic E-state index is -0.826. The number of aliphatic hydroxyl groups is 1. The molecule has 1 aliphatic carbocycles.